The van der Waals surface area contributed by atoms with Gasteiger partial charge in [-0.1, -0.05) is 24.3 Å². The van der Waals surface area contributed by atoms with Crippen molar-refractivity contribution in [2.24, 2.45) is 4.99 Å². The highest BCUT2D eigenvalue weighted by molar-refractivity contribution is 14.0. The van der Waals surface area contributed by atoms with Gasteiger partial charge in [-0.05, 0) is 29.3 Å². The highest BCUT2D eigenvalue weighted by Gasteiger charge is 2.12. The van der Waals surface area contributed by atoms with Crippen LogP contribution in [0.3, 0.4) is 0 Å². The van der Waals surface area contributed by atoms with Crippen molar-refractivity contribution in [2.75, 3.05) is 40.5 Å². The van der Waals surface area contributed by atoms with Gasteiger partial charge >= 0.3 is 6.61 Å². The summed E-state index contributed by atoms with van der Waals surface area (Å²) in [6.45, 7) is 2.35. The molecule has 2 aromatic rings. The number of hydrogen-bond donors (Lipinski definition) is 2. The maximum atomic E-state index is 12.7. The lowest BCUT2D eigenvalue weighted by Crippen LogP contribution is -2.36. The van der Waals surface area contributed by atoms with Gasteiger partial charge in [0.2, 0.25) is 0 Å². The van der Waals surface area contributed by atoms with Gasteiger partial charge in [-0.2, -0.15) is 8.78 Å². The van der Waals surface area contributed by atoms with Crippen molar-refractivity contribution in [3.63, 3.8) is 0 Å². The molecule has 0 spiro atoms. The van der Waals surface area contributed by atoms with Crippen molar-refractivity contribution in [3.8, 4) is 11.5 Å². The third kappa shape index (κ3) is 8.94. The van der Waals surface area contributed by atoms with E-state index in [9.17, 15) is 8.78 Å². The Balaban J connectivity index is 0.00000385. The monoisotopic (exact) mass is 576 g/mol. The third-order valence-electron chi connectivity index (χ3n) is 5.15. The molecular weight excluding hydrogens is 545 g/mol. The Kier molecular flexibility index (Phi) is 11.6. The van der Waals surface area contributed by atoms with E-state index in [2.05, 4.69) is 49.5 Å². The van der Waals surface area contributed by atoms with E-state index in [-0.39, 0.29) is 36.3 Å². The first kappa shape index (κ1) is 27.1. The van der Waals surface area contributed by atoms with Gasteiger partial charge in [0.25, 0.3) is 0 Å². The summed E-state index contributed by atoms with van der Waals surface area (Å²) in [6.07, 6.45) is 0. The quantitative estimate of drug-likeness (QED) is 0.270. The fraction of sp³-hybridized carbons (Fsp3) is 0.435. The van der Waals surface area contributed by atoms with E-state index in [4.69, 9.17) is 9.47 Å². The Hall–Kier alpha value is -2.18. The van der Waals surface area contributed by atoms with Gasteiger partial charge in [-0.15, -0.1) is 24.0 Å². The first-order valence-corrected chi connectivity index (χ1v) is 10.5. The molecule has 10 heteroatoms. The maximum Gasteiger partial charge on any atom is 0.387 e. The van der Waals surface area contributed by atoms with Crippen molar-refractivity contribution in [1.29, 1.82) is 0 Å². The van der Waals surface area contributed by atoms with E-state index in [0.29, 0.717) is 23.8 Å². The number of ether oxygens (including phenoxy) is 3. The van der Waals surface area contributed by atoms with E-state index in [0.717, 1.165) is 38.4 Å². The van der Waals surface area contributed by atoms with E-state index in [1.807, 2.05) is 0 Å². The lowest BCUT2D eigenvalue weighted by Gasteiger charge is -2.26. The molecule has 182 valence electrons. The number of halogens is 3. The Bertz CT molecular complexity index is 879. The minimum Gasteiger partial charge on any atom is -0.497 e. The Morgan fingerprint density at radius 3 is 2.36 bits per heavy atom. The number of aliphatic imine (C=N–C) groups is 1. The van der Waals surface area contributed by atoms with Crippen LogP contribution in [0, 0.1) is 0 Å². The van der Waals surface area contributed by atoms with Gasteiger partial charge in [-0.3, -0.25) is 9.89 Å². The molecule has 1 aliphatic rings. The van der Waals surface area contributed by atoms with Crippen LogP contribution in [0.2, 0.25) is 0 Å². The number of guanidine groups is 1. The molecule has 2 aromatic carbocycles. The summed E-state index contributed by atoms with van der Waals surface area (Å²) in [5.41, 5.74) is 2.92. The summed E-state index contributed by atoms with van der Waals surface area (Å²) in [5, 5.41) is 6.36. The SMILES string of the molecule is CN=C(NCc1ccc(CN2CCOCC2)cc1)NCc1cc(OC)ccc1OC(F)F.I. The minimum atomic E-state index is -2.90. The fourth-order valence-electron chi connectivity index (χ4n) is 3.40. The molecule has 33 heavy (non-hydrogen) atoms. The lowest BCUT2D eigenvalue weighted by molar-refractivity contribution is -0.0505. The van der Waals surface area contributed by atoms with Crippen molar-refractivity contribution in [2.45, 2.75) is 26.2 Å². The zero-order valence-corrected chi connectivity index (χ0v) is 21.2. The van der Waals surface area contributed by atoms with Gasteiger partial charge in [-0.25, -0.2) is 0 Å². The summed E-state index contributed by atoms with van der Waals surface area (Å²) in [6, 6.07) is 13.2. The smallest absolute Gasteiger partial charge is 0.387 e. The van der Waals surface area contributed by atoms with E-state index in [1.165, 1.54) is 18.7 Å². The van der Waals surface area contributed by atoms with Crippen LogP contribution in [0.5, 0.6) is 11.5 Å². The second-order valence-electron chi connectivity index (χ2n) is 7.34. The molecule has 1 fully saturated rings. The summed E-state index contributed by atoms with van der Waals surface area (Å²) in [7, 11) is 3.18. The second-order valence-corrected chi connectivity index (χ2v) is 7.34. The Labute approximate surface area is 210 Å². The zero-order valence-electron chi connectivity index (χ0n) is 18.9. The van der Waals surface area contributed by atoms with Gasteiger partial charge in [0.15, 0.2) is 5.96 Å². The van der Waals surface area contributed by atoms with Crippen LogP contribution in [0.15, 0.2) is 47.5 Å². The molecule has 0 radical (unpaired) electrons. The van der Waals surface area contributed by atoms with Crippen molar-refractivity contribution in [3.05, 3.63) is 59.2 Å². The van der Waals surface area contributed by atoms with Crippen LogP contribution in [0.25, 0.3) is 0 Å². The number of nitrogens with one attached hydrogen (secondary N) is 2. The third-order valence-corrected chi connectivity index (χ3v) is 5.15. The topological polar surface area (TPSA) is 67.4 Å². The predicted octanol–water partition coefficient (Wildman–Crippen LogP) is 3.61. The normalized spacial score (nSPS) is 14.5. The number of methoxy groups -OCH3 is 1. The van der Waals surface area contributed by atoms with Gasteiger partial charge in [0, 0.05) is 45.3 Å². The first-order chi connectivity index (χ1) is 15.6. The number of nitrogens with zero attached hydrogens (tertiary/aromatic N) is 2. The molecule has 0 amide bonds. The van der Waals surface area contributed by atoms with Crippen LogP contribution in [0.1, 0.15) is 16.7 Å². The number of rotatable bonds is 9. The molecule has 1 aliphatic heterocycles. The highest BCUT2D eigenvalue weighted by atomic mass is 127. The molecule has 0 saturated carbocycles. The van der Waals surface area contributed by atoms with Crippen LogP contribution >= 0.6 is 24.0 Å². The zero-order chi connectivity index (χ0) is 22.8. The molecule has 0 unspecified atom stereocenters. The molecule has 2 N–H and O–H groups in total. The van der Waals surface area contributed by atoms with Crippen molar-refractivity contribution < 1.29 is 23.0 Å². The number of hydrogen-bond acceptors (Lipinski definition) is 5. The maximum absolute atomic E-state index is 12.7. The van der Waals surface area contributed by atoms with E-state index < -0.39 is 6.61 Å². The average molecular weight is 576 g/mol. The summed E-state index contributed by atoms with van der Waals surface area (Å²) >= 11 is 0. The predicted molar refractivity (Wildman–Crippen MR) is 135 cm³/mol. The number of benzene rings is 2. The standard InChI is InChI=1S/C23H30F2N4O3.HI/c1-26-23(28-15-19-13-20(30-2)7-8-21(19)32-22(24)25)27-14-17-3-5-18(6-4-17)16-29-9-11-31-12-10-29;/h3-8,13,22H,9-12,14-16H2,1-2H3,(H2,26,27,28);1H. The average Bonchev–Trinajstić information content (AvgIpc) is 2.81. The number of morpholine rings is 1. The second kappa shape index (κ2) is 14.2. The number of alkyl halides is 2. The summed E-state index contributed by atoms with van der Waals surface area (Å²) < 4.78 is 40.6. The summed E-state index contributed by atoms with van der Waals surface area (Å²) in [5.74, 6) is 1.20. The molecule has 1 saturated heterocycles. The van der Waals surface area contributed by atoms with Crippen LogP contribution in [-0.2, 0) is 24.4 Å². The molecule has 7 nitrogen and oxygen atoms in total. The fourth-order valence-corrected chi connectivity index (χ4v) is 3.40. The van der Waals surface area contributed by atoms with Gasteiger partial charge < -0.3 is 24.8 Å². The van der Waals surface area contributed by atoms with E-state index >= 15 is 0 Å². The lowest BCUT2D eigenvalue weighted by atomic mass is 10.1. The first-order valence-electron chi connectivity index (χ1n) is 10.5. The van der Waals surface area contributed by atoms with Crippen molar-refractivity contribution in [1.82, 2.24) is 15.5 Å². The van der Waals surface area contributed by atoms with Crippen LogP contribution in [0.4, 0.5) is 8.78 Å². The largest absolute Gasteiger partial charge is 0.497 e. The van der Waals surface area contributed by atoms with Gasteiger partial charge in [0.05, 0.1) is 20.3 Å². The summed E-state index contributed by atoms with van der Waals surface area (Å²) in [4.78, 5) is 6.58. The van der Waals surface area contributed by atoms with Crippen molar-refractivity contribution >= 4 is 29.9 Å². The molecule has 0 aliphatic carbocycles. The van der Waals surface area contributed by atoms with E-state index in [1.54, 1.807) is 19.2 Å². The minimum absolute atomic E-state index is 0. The van der Waals surface area contributed by atoms with Crippen LogP contribution in [-0.4, -0.2) is 57.9 Å². The Morgan fingerprint density at radius 1 is 1.06 bits per heavy atom. The van der Waals surface area contributed by atoms with Crippen LogP contribution < -0.4 is 20.1 Å². The highest BCUT2D eigenvalue weighted by Crippen LogP contribution is 2.25. The molecular formula is C23H31F2IN4O3. The van der Waals surface area contributed by atoms with Gasteiger partial charge in [0.1, 0.15) is 11.5 Å². The molecule has 0 aromatic heterocycles. The Morgan fingerprint density at radius 2 is 1.73 bits per heavy atom. The molecule has 0 bridgehead atoms. The molecule has 0 atom stereocenters. The molecule has 3 rings (SSSR count). The molecule has 1 heterocycles.